The van der Waals surface area contributed by atoms with Crippen LogP contribution < -0.4 is 0 Å². The fourth-order valence-electron chi connectivity index (χ4n) is 4.98. The van der Waals surface area contributed by atoms with Crippen LogP contribution in [-0.2, 0) is 52.1 Å². The van der Waals surface area contributed by atoms with E-state index in [1.165, 1.54) is 89.9 Å². The second kappa shape index (κ2) is 49.6. The average Bonchev–Trinajstić information content (AvgIpc) is 3.14. The first kappa shape index (κ1) is 50.6. The molecule has 0 fully saturated rings. The first-order valence-corrected chi connectivity index (χ1v) is 20.8. The van der Waals surface area contributed by atoms with Crippen molar-refractivity contribution in [3.8, 4) is 0 Å². The molecule has 0 aromatic heterocycles. The molecule has 0 unspecified atom stereocenters. The van der Waals surface area contributed by atoms with Crippen LogP contribution in [0.15, 0.2) is 0 Å². The van der Waals surface area contributed by atoms with Crippen molar-refractivity contribution in [2.24, 2.45) is 0 Å². The molecule has 0 atom stereocenters. The summed E-state index contributed by atoms with van der Waals surface area (Å²) in [5.74, 6) is 0. The third-order valence-electron chi connectivity index (χ3n) is 8.00. The third kappa shape index (κ3) is 49.6. The van der Waals surface area contributed by atoms with Gasteiger partial charge >= 0.3 is 0 Å². The van der Waals surface area contributed by atoms with Gasteiger partial charge < -0.3 is 52.1 Å². The Hall–Kier alpha value is -0.440. The lowest BCUT2D eigenvalue weighted by molar-refractivity contribution is -0.0275. The van der Waals surface area contributed by atoms with Crippen LogP contribution in [0.3, 0.4) is 0 Å². The molecule has 0 saturated carbocycles. The molecule has 0 rings (SSSR count). The molecule has 0 aliphatic heterocycles. The lowest BCUT2D eigenvalue weighted by Crippen LogP contribution is -2.15. The summed E-state index contributed by atoms with van der Waals surface area (Å²) in [6.45, 7) is 17.4. The summed E-state index contributed by atoms with van der Waals surface area (Å²) >= 11 is 0. The second-order valence-corrected chi connectivity index (χ2v) is 12.7. The van der Waals surface area contributed by atoms with Crippen LogP contribution in [0.25, 0.3) is 0 Å². The van der Waals surface area contributed by atoms with Crippen LogP contribution in [-0.4, -0.2) is 145 Å². The lowest BCUT2D eigenvalue weighted by Gasteiger charge is -2.09. The van der Waals surface area contributed by atoms with E-state index in [2.05, 4.69) is 13.8 Å². The molecule has 0 radical (unpaired) electrons. The van der Waals surface area contributed by atoms with Gasteiger partial charge in [0.25, 0.3) is 0 Å². The van der Waals surface area contributed by atoms with Gasteiger partial charge in [0.1, 0.15) is 0 Å². The fraction of sp³-hybridized carbons (Fsp3) is 1.00. The molecule has 11 heteroatoms. The van der Waals surface area contributed by atoms with E-state index >= 15 is 0 Å². The Balaban J connectivity index is 3.04. The van der Waals surface area contributed by atoms with Gasteiger partial charge in [-0.15, -0.1) is 0 Å². The van der Waals surface area contributed by atoms with Crippen molar-refractivity contribution in [1.82, 2.24) is 0 Å². The summed E-state index contributed by atoms with van der Waals surface area (Å²) in [7, 11) is 0. The standard InChI is InChI=1S/C40H82O11/c1-3-5-7-9-11-13-15-17-19-41-21-23-43-25-27-45-29-31-47-33-35-49-37-39-51-40-38-50-36-34-48-32-30-46-28-26-44-24-22-42-20-18-16-14-12-10-8-6-4-2/h3-40H2,1-2H3. The summed E-state index contributed by atoms with van der Waals surface area (Å²) < 4.78 is 61.0. The Morgan fingerprint density at radius 1 is 0.157 bits per heavy atom. The second-order valence-electron chi connectivity index (χ2n) is 12.7. The number of hydrogen-bond acceptors (Lipinski definition) is 11. The van der Waals surface area contributed by atoms with Crippen LogP contribution >= 0.6 is 0 Å². The SMILES string of the molecule is CCCCCCCCCCOCCOCCOCCOCCOCCOCCOCCOCCOCCOCCOCCCCCCCCCC. The molecular formula is C40H82O11. The smallest absolute Gasteiger partial charge is 0.0701 e. The highest BCUT2D eigenvalue weighted by Gasteiger charge is 1.98. The van der Waals surface area contributed by atoms with Gasteiger partial charge in [-0.1, -0.05) is 104 Å². The van der Waals surface area contributed by atoms with E-state index in [-0.39, 0.29) is 0 Å². The van der Waals surface area contributed by atoms with Crippen molar-refractivity contribution < 1.29 is 52.1 Å². The summed E-state index contributed by atoms with van der Waals surface area (Å²) in [6.07, 6.45) is 21.1. The topological polar surface area (TPSA) is 102 Å². The molecule has 0 amide bonds. The molecule has 51 heavy (non-hydrogen) atoms. The van der Waals surface area contributed by atoms with Gasteiger partial charge in [-0.3, -0.25) is 0 Å². The molecule has 0 aliphatic carbocycles. The van der Waals surface area contributed by atoms with E-state index in [9.17, 15) is 0 Å². The average molecular weight is 739 g/mol. The van der Waals surface area contributed by atoms with E-state index in [4.69, 9.17) is 52.1 Å². The van der Waals surface area contributed by atoms with E-state index in [1.54, 1.807) is 0 Å². The highest BCUT2D eigenvalue weighted by Crippen LogP contribution is 2.09. The Morgan fingerprint density at radius 3 is 0.471 bits per heavy atom. The van der Waals surface area contributed by atoms with Crippen LogP contribution in [0, 0.1) is 0 Å². The maximum atomic E-state index is 5.63. The highest BCUT2D eigenvalue weighted by molar-refractivity contribution is 4.47. The van der Waals surface area contributed by atoms with Gasteiger partial charge in [-0.05, 0) is 12.8 Å². The number of hydrogen-bond donors (Lipinski definition) is 0. The van der Waals surface area contributed by atoms with Gasteiger partial charge in [-0.25, -0.2) is 0 Å². The van der Waals surface area contributed by atoms with Crippen LogP contribution in [0.5, 0.6) is 0 Å². The monoisotopic (exact) mass is 739 g/mol. The minimum absolute atomic E-state index is 0.528. The van der Waals surface area contributed by atoms with E-state index in [0.717, 1.165) is 26.1 Å². The molecule has 0 N–H and O–H groups in total. The summed E-state index contributed by atoms with van der Waals surface area (Å²) in [4.78, 5) is 0. The summed E-state index contributed by atoms with van der Waals surface area (Å²) in [5.41, 5.74) is 0. The molecule has 0 saturated heterocycles. The van der Waals surface area contributed by atoms with Gasteiger partial charge in [0.15, 0.2) is 0 Å². The van der Waals surface area contributed by atoms with Gasteiger partial charge in [0, 0.05) is 13.2 Å². The van der Waals surface area contributed by atoms with Gasteiger partial charge in [-0.2, -0.15) is 0 Å². The fourth-order valence-corrected chi connectivity index (χ4v) is 4.98. The quantitative estimate of drug-likeness (QED) is 0.0582. The van der Waals surface area contributed by atoms with Crippen molar-refractivity contribution in [2.45, 2.75) is 117 Å². The molecule has 11 nitrogen and oxygen atoms in total. The first-order valence-electron chi connectivity index (χ1n) is 20.8. The number of unbranched alkanes of at least 4 members (excludes halogenated alkanes) is 14. The maximum Gasteiger partial charge on any atom is 0.0701 e. The molecule has 0 heterocycles. The largest absolute Gasteiger partial charge is 0.379 e. The zero-order valence-corrected chi connectivity index (χ0v) is 33.4. The first-order chi connectivity index (χ1) is 25.4. The Morgan fingerprint density at radius 2 is 0.294 bits per heavy atom. The van der Waals surface area contributed by atoms with Crippen molar-refractivity contribution >= 4 is 0 Å². The van der Waals surface area contributed by atoms with Gasteiger partial charge in [0.2, 0.25) is 0 Å². The van der Waals surface area contributed by atoms with Crippen molar-refractivity contribution in [3.05, 3.63) is 0 Å². The van der Waals surface area contributed by atoms with Crippen LogP contribution in [0.1, 0.15) is 117 Å². The minimum Gasteiger partial charge on any atom is -0.379 e. The molecule has 0 bridgehead atoms. The van der Waals surface area contributed by atoms with Gasteiger partial charge in [0.05, 0.1) is 132 Å². The molecule has 0 aliphatic rings. The predicted octanol–water partition coefficient (Wildman–Crippen LogP) is 7.45. The zero-order valence-electron chi connectivity index (χ0n) is 33.4. The minimum atomic E-state index is 0.528. The van der Waals surface area contributed by atoms with Crippen molar-refractivity contribution in [3.63, 3.8) is 0 Å². The maximum absolute atomic E-state index is 5.63. The number of ether oxygens (including phenoxy) is 11. The zero-order chi connectivity index (χ0) is 36.6. The Labute approximate surface area is 313 Å². The number of rotatable bonds is 48. The van der Waals surface area contributed by atoms with Crippen molar-refractivity contribution in [1.29, 1.82) is 0 Å². The normalized spacial score (nSPS) is 11.6. The van der Waals surface area contributed by atoms with Crippen LogP contribution in [0.2, 0.25) is 0 Å². The third-order valence-corrected chi connectivity index (χ3v) is 8.00. The summed E-state index contributed by atoms with van der Waals surface area (Å²) in [6, 6.07) is 0. The van der Waals surface area contributed by atoms with Crippen molar-refractivity contribution in [2.75, 3.05) is 145 Å². The van der Waals surface area contributed by atoms with E-state index < -0.39 is 0 Å². The molecule has 0 spiro atoms. The highest BCUT2D eigenvalue weighted by atomic mass is 16.6. The van der Waals surface area contributed by atoms with E-state index in [1.807, 2.05) is 0 Å². The molecule has 0 aromatic rings. The molecule has 0 aromatic carbocycles. The van der Waals surface area contributed by atoms with E-state index in [0.29, 0.717) is 132 Å². The molecule has 308 valence electrons. The Kier molecular flexibility index (Phi) is 49.1. The summed E-state index contributed by atoms with van der Waals surface area (Å²) in [5, 5.41) is 0. The Bertz CT molecular complexity index is 541. The predicted molar refractivity (Wildman–Crippen MR) is 204 cm³/mol. The lowest BCUT2D eigenvalue weighted by atomic mass is 10.1. The van der Waals surface area contributed by atoms with Crippen LogP contribution in [0.4, 0.5) is 0 Å². The molecular weight excluding hydrogens is 656 g/mol.